The highest BCUT2D eigenvalue weighted by atomic mass is 16.6. The number of rotatable bonds is 5. The van der Waals surface area contributed by atoms with E-state index >= 15 is 0 Å². The Bertz CT molecular complexity index is 3070. The van der Waals surface area contributed by atoms with Crippen LogP contribution < -0.4 is 15.5 Å². The van der Waals surface area contributed by atoms with Crippen molar-refractivity contribution in [3.63, 3.8) is 0 Å². The molecule has 2 aromatic heterocycles. The molecule has 8 heterocycles. The predicted molar refractivity (Wildman–Crippen MR) is 227 cm³/mol. The van der Waals surface area contributed by atoms with Crippen LogP contribution >= 0.6 is 0 Å². The molecule has 0 radical (unpaired) electrons. The normalized spacial score (nSPS) is 25.9. The zero-order valence-corrected chi connectivity index (χ0v) is 34.4. The minimum Gasteiger partial charge on any atom is -0.374 e. The molecule has 2 bridgehead atoms. The number of aromatic nitrogens is 2. The maximum absolute atomic E-state index is 14.8. The SMILES string of the molecule is CO[C@@H]1C(N(C)C(=O)C2CCN(c3ccc4c(c3)C(=O)N(C3CCC(=O)NC3=O)C4=O)CC2)C[C@H]2O[C@]1(C)n1c3ccccc3c3c4c(c5c6ccccc6n2c5c31)C(=O)NC4. The van der Waals surface area contributed by atoms with Crippen LogP contribution in [0.15, 0.2) is 66.7 Å². The molecule has 6 aromatic rings. The van der Waals surface area contributed by atoms with E-state index in [1.807, 2.05) is 42.3 Å². The van der Waals surface area contributed by atoms with Gasteiger partial charge in [0, 0.05) is 79.8 Å². The van der Waals surface area contributed by atoms with Gasteiger partial charge in [-0.3, -0.25) is 39.0 Å². The van der Waals surface area contributed by atoms with Crippen LogP contribution in [-0.2, 0) is 36.1 Å². The molecular weight excluding hydrogens is 791 g/mol. The first-order valence-corrected chi connectivity index (χ1v) is 21.4. The number of hydrogen-bond donors (Lipinski definition) is 2. The van der Waals surface area contributed by atoms with Crippen molar-refractivity contribution in [2.75, 3.05) is 32.1 Å². The summed E-state index contributed by atoms with van der Waals surface area (Å²) >= 11 is 0. The first-order chi connectivity index (χ1) is 30.0. The van der Waals surface area contributed by atoms with Gasteiger partial charge in [0.25, 0.3) is 17.7 Å². The molecule has 3 fully saturated rings. The van der Waals surface area contributed by atoms with Gasteiger partial charge in [-0.1, -0.05) is 36.4 Å². The van der Waals surface area contributed by atoms with Crippen LogP contribution in [0, 0.1) is 5.92 Å². The van der Waals surface area contributed by atoms with Gasteiger partial charge in [0.15, 0.2) is 5.72 Å². The number of fused-ring (bicyclic) bond motifs is 14. The highest BCUT2D eigenvalue weighted by molar-refractivity contribution is 6.31. The second kappa shape index (κ2) is 13.0. The molecule has 15 heteroatoms. The maximum atomic E-state index is 14.8. The number of imide groups is 2. The molecule has 3 saturated heterocycles. The van der Waals surface area contributed by atoms with E-state index in [9.17, 15) is 28.8 Å². The van der Waals surface area contributed by atoms with Gasteiger partial charge in [-0.15, -0.1) is 0 Å². The van der Waals surface area contributed by atoms with E-state index in [2.05, 4.69) is 55.9 Å². The molecule has 5 atom stereocenters. The number of amides is 6. The molecule has 15 nitrogen and oxygen atoms in total. The van der Waals surface area contributed by atoms with Crippen LogP contribution in [0.25, 0.3) is 43.6 Å². The average Bonchev–Trinajstić information content (AvgIpc) is 3.99. The van der Waals surface area contributed by atoms with Gasteiger partial charge in [-0.2, -0.15) is 0 Å². The van der Waals surface area contributed by atoms with Gasteiger partial charge < -0.3 is 33.7 Å². The Hall–Kier alpha value is -6.58. The fourth-order valence-corrected chi connectivity index (χ4v) is 11.9. The lowest BCUT2D eigenvalue weighted by Crippen LogP contribution is -2.62. The van der Waals surface area contributed by atoms with Crippen LogP contribution in [0.3, 0.4) is 0 Å². The summed E-state index contributed by atoms with van der Waals surface area (Å²) in [6, 6.07) is 20.2. The molecule has 0 saturated carbocycles. The lowest BCUT2D eigenvalue weighted by Gasteiger charge is -2.51. The minimum atomic E-state index is -1.07. The van der Waals surface area contributed by atoms with Crippen molar-refractivity contribution in [3.8, 4) is 0 Å². The third-order valence-corrected chi connectivity index (χ3v) is 14.7. The van der Waals surface area contributed by atoms with Crippen molar-refractivity contribution in [2.45, 2.75) is 75.7 Å². The third kappa shape index (κ3) is 4.77. The second-order valence-corrected chi connectivity index (χ2v) is 17.7. The van der Waals surface area contributed by atoms with Gasteiger partial charge in [-0.25, -0.2) is 0 Å². The van der Waals surface area contributed by atoms with Gasteiger partial charge in [0.05, 0.1) is 44.8 Å². The Balaban J connectivity index is 0.865. The summed E-state index contributed by atoms with van der Waals surface area (Å²) in [7, 11) is 3.56. The van der Waals surface area contributed by atoms with Gasteiger partial charge in [-0.05, 0) is 62.1 Å². The van der Waals surface area contributed by atoms with Crippen molar-refractivity contribution < 1.29 is 38.2 Å². The summed E-state index contributed by atoms with van der Waals surface area (Å²) in [5, 5.41) is 9.31. The zero-order chi connectivity index (χ0) is 42.5. The first-order valence-electron chi connectivity index (χ1n) is 21.4. The number of nitrogens with zero attached hydrogens (tertiary/aromatic N) is 5. The van der Waals surface area contributed by atoms with E-state index < -0.39 is 53.8 Å². The van der Waals surface area contributed by atoms with E-state index in [4.69, 9.17) is 9.47 Å². The van der Waals surface area contributed by atoms with Crippen LogP contribution in [-0.4, -0.2) is 99.8 Å². The highest BCUT2D eigenvalue weighted by Gasteiger charge is 2.55. The van der Waals surface area contributed by atoms with Crippen molar-refractivity contribution in [2.24, 2.45) is 5.92 Å². The monoisotopic (exact) mass is 833 g/mol. The first kappa shape index (κ1) is 37.2. The third-order valence-electron chi connectivity index (χ3n) is 14.7. The predicted octanol–water partition coefficient (Wildman–Crippen LogP) is 4.91. The van der Waals surface area contributed by atoms with Crippen LogP contribution in [0.4, 0.5) is 5.69 Å². The van der Waals surface area contributed by atoms with Crippen LogP contribution in [0.1, 0.15) is 81.9 Å². The molecule has 6 aliphatic rings. The summed E-state index contributed by atoms with van der Waals surface area (Å²) in [4.78, 5) is 84.7. The molecule has 12 rings (SSSR count). The maximum Gasteiger partial charge on any atom is 0.262 e. The molecule has 6 amide bonds. The number of ether oxygens (including phenoxy) is 2. The summed E-state index contributed by atoms with van der Waals surface area (Å²) in [6.07, 6.45) is 0.667. The summed E-state index contributed by atoms with van der Waals surface area (Å²) < 4.78 is 18.4. The van der Waals surface area contributed by atoms with Gasteiger partial charge in [0.1, 0.15) is 18.4 Å². The van der Waals surface area contributed by atoms with Crippen LogP contribution in [0.2, 0.25) is 0 Å². The number of nitrogens with one attached hydrogen (secondary N) is 2. The summed E-state index contributed by atoms with van der Waals surface area (Å²) in [5.41, 5.74) is 5.69. The smallest absolute Gasteiger partial charge is 0.262 e. The topological polar surface area (TPSA) is 165 Å². The second-order valence-electron chi connectivity index (χ2n) is 17.7. The Morgan fingerprint density at radius 1 is 0.871 bits per heavy atom. The number of para-hydroxylation sites is 2. The number of hydrogen-bond acceptors (Lipinski definition) is 9. The number of carbonyl (C=O) groups is 6. The molecular formula is C47H43N7O8. The molecule has 2 N–H and O–H groups in total. The average molecular weight is 834 g/mol. The molecule has 4 aromatic carbocycles. The lowest BCUT2D eigenvalue weighted by molar-refractivity contribution is -0.266. The van der Waals surface area contributed by atoms with E-state index in [1.165, 1.54) is 0 Å². The zero-order valence-electron chi connectivity index (χ0n) is 34.4. The molecule has 0 aliphatic carbocycles. The quantitative estimate of drug-likeness (QED) is 0.230. The number of likely N-dealkylation sites (N-methyl/N-ethyl adjacent to an activating group) is 1. The lowest BCUT2D eigenvalue weighted by atomic mass is 9.89. The fraction of sp³-hybridized carbons (Fsp3) is 0.362. The van der Waals surface area contributed by atoms with Gasteiger partial charge in [0.2, 0.25) is 17.7 Å². The molecule has 0 spiro atoms. The van der Waals surface area contributed by atoms with Crippen molar-refractivity contribution >= 4 is 84.7 Å². The van der Waals surface area contributed by atoms with Crippen molar-refractivity contribution in [3.05, 3.63) is 89.0 Å². The fourth-order valence-electron chi connectivity index (χ4n) is 11.9. The number of anilines is 1. The Morgan fingerprint density at radius 2 is 1.58 bits per heavy atom. The highest BCUT2D eigenvalue weighted by Crippen LogP contribution is 2.54. The number of benzene rings is 4. The Morgan fingerprint density at radius 3 is 2.32 bits per heavy atom. The Kier molecular flexibility index (Phi) is 7.78. The van der Waals surface area contributed by atoms with E-state index in [-0.39, 0.29) is 41.7 Å². The molecule has 2 unspecified atom stereocenters. The van der Waals surface area contributed by atoms with Crippen molar-refractivity contribution in [1.82, 2.24) is 29.6 Å². The molecule has 62 heavy (non-hydrogen) atoms. The standard InChI is InChI=1S/C47H43N7O8/c1-47-41(61-3)33(50(2)44(58)23-16-18-51(19-17-23)24-12-13-25-28(20-24)46(60)53(45(25)59)32-14-15-34(55)49-42(32)56)21-35(62-47)52-30-10-6-4-8-26(30)37-38-29(22-48-43(38)57)36-27-9-5-7-11-31(27)54(47)40(36)39(37)52/h4-13,20,23,32-33,35,41H,14-19,21-22H2,1-3H3,(H,48,57)(H,49,55,56)/t32?,33?,35-,41-,47+/m1/s1. The molecule has 314 valence electrons. The van der Waals surface area contributed by atoms with Crippen LogP contribution in [0.5, 0.6) is 0 Å². The Labute approximate surface area is 354 Å². The van der Waals surface area contributed by atoms with E-state index in [0.29, 0.717) is 44.5 Å². The summed E-state index contributed by atoms with van der Waals surface area (Å²) in [6.45, 7) is 3.60. The largest absolute Gasteiger partial charge is 0.374 e. The van der Waals surface area contributed by atoms with Crippen molar-refractivity contribution in [1.29, 1.82) is 0 Å². The minimum absolute atomic E-state index is 0.0201. The summed E-state index contributed by atoms with van der Waals surface area (Å²) in [5.74, 6) is -2.50. The van der Waals surface area contributed by atoms with Gasteiger partial charge >= 0.3 is 0 Å². The van der Waals surface area contributed by atoms with E-state index in [0.717, 1.165) is 59.8 Å². The van der Waals surface area contributed by atoms with E-state index in [1.54, 1.807) is 19.2 Å². The molecule has 6 aliphatic heterocycles. The number of methoxy groups -OCH3 is 1. The number of carbonyl (C=O) groups excluding carboxylic acids is 6. The number of piperidine rings is 2.